The minimum atomic E-state index is -0.620. The van der Waals surface area contributed by atoms with Gasteiger partial charge in [-0.1, -0.05) is 50.6 Å². The lowest BCUT2D eigenvalue weighted by Crippen LogP contribution is -2.49. The normalized spacial score (nSPS) is 13.1. The van der Waals surface area contributed by atoms with Crippen LogP contribution >= 0.6 is 0 Å². The number of ether oxygens (including phenoxy) is 1. The Morgan fingerprint density at radius 2 is 1.90 bits per heavy atom. The molecule has 2 amide bonds. The summed E-state index contributed by atoms with van der Waals surface area (Å²) in [5.74, 6) is -0.391. The maximum Gasteiger partial charge on any atom is 0.328 e. The maximum absolute atomic E-state index is 12.2. The lowest BCUT2D eigenvalue weighted by atomic mass is 9.99. The van der Waals surface area contributed by atoms with E-state index in [1.54, 1.807) is 11.9 Å². The van der Waals surface area contributed by atoms with Crippen molar-refractivity contribution in [2.24, 2.45) is 5.92 Å². The Bertz CT molecular complexity index is 462. The van der Waals surface area contributed by atoms with Crippen LogP contribution in [0.1, 0.15) is 25.8 Å². The Morgan fingerprint density at radius 3 is 2.43 bits per heavy atom. The van der Waals surface area contributed by atoms with Gasteiger partial charge in [-0.15, -0.1) is 0 Å². The molecule has 0 saturated heterocycles. The van der Waals surface area contributed by atoms with Gasteiger partial charge in [-0.3, -0.25) is 0 Å². The zero-order chi connectivity index (χ0) is 15.8. The van der Waals surface area contributed by atoms with E-state index in [0.717, 1.165) is 12.0 Å². The lowest BCUT2D eigenvalue weighted by molar-refractivity contribution is -0.144. The topological polar surface area (TPSA) is 58.6 Å². The zero-order valence-corrected chi connectivity index (χ0v) is 13.1. The van der Waals surface area contributed by atoms with E-state index >= 15 is 0 Å². The number of carbonyl (C=O) groups is 2. The number of hydrogen-bond acceptors (Lipinski definition) is 3. The van der Waals surface area contributed by atoms with Crippen LogP contribution in [0.2, 0.25) is 0 Å². The summed E-state index contributed by atoms with van der Waals surface area (Å²) in [6, 6.07) is 8.79. The van der Waals surface area contributed by atoms with Crippen LogP contribution in [0.25, 0.3) is 0 Å². The monoisotopic (exact) mass is 292 g/mol. The standard InChI is InChI=1S/C16H24N2O3/c1-5-12(2)14(15(19)21-4)17-16(20)18(3)11-13-9-7-6-8-10-13/h6-10,12,14H,5,11H2,1-4H3,(H,17,20). The zero-order valence-electron chi connectivity index (χ0n) is 13.1. The molecule has 2 atom stereocenters. The molecule has 2 unspecified atom stereocenters. The fourth-order valence-corrected chi connectivity index (χ4v) is 1.97. The molecule has 0 saturated carbocycles. The minimum Gasteiger partial charge on any atom is -0.467 e. The largest absolute Gasteiger partial charge is 0.467 e. The van der Waals surface area contributed by atoms with Crippen LogP contribution in [0, 0.1) is 5.92 Å². The number of methoxy groups -OCH3 is 1. The smallest absolute Gasteiger partial charge is 0.328 e. The van der Waals surface area contributed by atoms with Crippen molar-refractivity contribution >= 4 is 12.0 Å². The third-order valence-electron chi connectivity index (χ3n) is 3.56. The first-order valence-electron chi connectivity index (χ1n) is 7.13. The van der Waals surface area contributed by atoms with E-state index in [0.29, 0.717) is 6.54 Å². The Labute approximate surface area is 126 Å². The van der Waals surface area contributed by atoms with Gasteiger partial charge in [0, 0.05) is 13.6 Å². The van der Waals surface area contributed by atoms with Crippen LogP contribution in [0.3, 0.4) is 0 Å². The number of nitrogens with one attached hydrogen (secondary N) is 1. The number of benzene rings is 1. The molecule has 21 heavy (non-hydrogen) atoms. The number of esters is 1. The van der Waals surface area contributed by atoms with Crippen LogP contribution in [-0.4, -0.2) is 37.1 Å². The highest BCUT2D eigenvalue weighted by Crippen LogP contribution is 2.10. The SMILES string of the molecule is CCC(C)C(NC(=O)N(C)Cc1ccccc1)C(=O)OC. The van der Waals surface area contributed by atoms with Crippen molar-refractivity contribution in [2.45, 2.75) is 32.9 Å². The second-order valence-electron chi connectivity index (χ2n) is 5.18. The van der Waals surface area contributed by atoms with Crippen molar-refractivity contribution in [1.29, 1.82) is 0 Å². The predicted molar refractivity (Wildman–Crippen MR) is 81.7 cm³/mol. The van der Waals surface area contributed by atoms with Crippen LogP contribution in [0.4, 0.5) is 4.79 Å². The van der Waals surface area contributed by atoms with Crippen LogP contribution in [0.15, 0.2) is 30.3 Å². The summed E-state index contributed by atoms with van der Waals surface area (Å²) in [6.07, 6.45) is 0.780. The molecule has 0 spiro atoms. The molecule has 1 aromatic rings. The van der Waals surface area contributed by atoms with Gasteiger partial charge in [0.15, 0.2) is 0 Å². The number of rotatable bonds is 6. The van der Waals surface area contributed by atoms with E-state index in [1.807, 2.05) is 44.2 Å². The van der Waals surface area contributed by atoms with E-state index in [4.69, 9.17) is 4.74 Å². The molecule has 0 fully saturated rings. The van der Waals surface area contributed by atoms with E-state index in [2.05, 4.69) is 5.32 Å². The summed E-state index contributed by atoms with van der Waals surface area (Å²) < 4.78 is 4.76. The van der Waals surface area contributed by atoms with E-state index < -0.39 is 12.0 Å². The predicted octanol–water partition coefficient (Wildman–Crippen LogP) is 2.42. The van der Waals surface area contributed by atoms with Crippen molar-refractivity contribution in [3.05, 3.63) is 35.9 Å². The molecule has 1 aromatic carbocycles. The molecular weight excluding hydrogens is 268 g/mol. The van der Waals surface area contributed by atoms with Crippen molar-refractivity contribution < 1.29 is 14.3 Å². The van der Waals surface area contributed by atoms with Crippen molar-refractivity contribution in [2.75, 3.05) is 14.2 Å². The molecule has 0 aliphatic rings. The molecule has 5 heteroatoms. The summed E-state index contributed by atoms with van der Waals surface area (Å²) >= 11 is 0. The molecule has 0 bridgehead atoms. The number of urea groups is 1. The van der Waals surface area contributed by atoms with E-state index in [-0.39, 0.29) is 11.9 Å². The van der Waals surface area contributed by atoms with Gasteiger partial charge >= 0.3 is 12.0 Å². The van der Waals surface area contributed by atoms with E-state index in [9.17, 15) is 9.59 Å². The van der Waals surface area contributed by atoms with Gasteiger partial charge in [0.2, 0.25) is 0 Å². The minimum absolute atomic E-state index is 0.0199. The third kappa shape index (κ3) is 5.10. The molecule has 116 valence electrons. The quantitative estimate of drug-likeness (QED) is 0.819. The molecular formula is C16H24N2O3. The Balaban J connectivity index is 2.66. The van der Waals surface area contributed by atoms with Gasteiger partial charge in [-0.2, -0.15) is 0 Å². The number of carbonyl (C=O) groups excluding carboxylic acids is 2. The van der Waals surface area contributed by atoms with E-state index in [1.165, 1.54) is 7.11 Å². The summed E-state index contributed by atoms with van der Waals surface area (Å²) in [5.41, 5.74) is 1.04. The van der Waals surface area contributed by atoms with Crippen LogP contribution in [0.5, 0.6) is 0 Å². The summed E-state index contributed by atoms with van der Waals surface area (Å²) in [5, 5.41) is 2.75. The molecule has 0 radical (unpaired) electrons. The van der Waals surface area contributed by atoms with Crippen molar-refractivity contribution in [3.63, 3.8) is 0 Å². The fourth-order valence-electron chi connectivity index (χ4n) is 1.97. The van der Waals surface area contributed by atoms with Crippen LogP contribution < -0.4 is 5.32 Å². The molecule has 5 nitrogen and oxygen atoms in total. The highest BCUT2D eigenvalue weighted by molar-refractivity contribution is 5.83. The molecule has 1 rings (SSSR count). The average Bonchev–Trinajstić information content (AvgIpc) is 2.51. The first-order valence-corrected chi connectivity index (χ1v) is 7.13. The van der Waals surface area contributed by atoms with Crippen molar-refractivity contribution in [1.82, 2.24) is 10.2 Å². The highest BCUT2D eigenvalue weighted by atomic mass is 16.5. The van der Waals surface area contributed by atoms with Crippen LogP contribution in [-0.2, 0) is 16.1 Å². The highest BCUT2D eigenvalue weighted by Gasteiger charge is 2.27. The lowest BCUT2D eigenvalue weighted by Gasteiger charge is -2.25. The summed E-state index contributed by atoms with van der Waals surface area (Å²) in [4.78, 5) is 25.5. The third-order valence-corrected chi connectivity index (χ3v) is 3.56. The summed E-state index contributed by atoms with van der Waals surface area (Å²) in [6.45, 7) is 4.38. The second kappa shape index (κ2) is 8.29. The molecule has 0 aliphatic heterocycles. The first kappa shape index (κ1) is 17.0. The number of nitrogens with zero attached hydrogens (tertiary/aromatic N) is 1. The molecule has 1 N–H and O–H groups in total. The van der Waals surface area contributed by atoms with Gasteiger partial charge in [0.1, 0.15) is 6.04 Å². The molecule has 0 aliphatic carbocycles. The molecule has 0 heterocycles. The van der Waals surface area contributed by atoms with Crippen molar-refractivity contribution in [3.8, 4) is 0 Å². The van der Waals surface area contributed by atoms with Gasteiger partial charge < -0.3 is 15.0 Å². The average molecular weight is 292 g/mol. The second-order valence-corrected chi connectivity index (χ2v) is 5.18. The fraction of sp³-hybridized carbons (Fsp3) is 0.500. The van der Waals surface area contributed by atoms with Gasteiger partial charge in [0.05, 0.1) is 7.11 Å². The Morgan fingerprint density at radius 1 is 1.29 bits per heavy atom. The van der Waals surface area contributed by atoms with Gasteiger partial charge in [-0.25, -0.2) is 9.59 Å². The Hall–Kier alpha value is -2.04. The van der Waals surface area contributed by atoms with Gasteiger partial charge in [-0.05, 0) is 11.5 Å². The van der Waals surface area contributed by atoms with Gasteiger partial charge in [0.25, 0.3) is 0 Å². The number of amides is 2. The molecule has 0 aromatic heterocycles. The first-order chi connectivity index (χ1) is 9.99. The maximum atomic E-state index is 12.2. The summed E-state index contributed by atoms with van der Waals surface area (Å²) in [7, 11) is 3.03. The Kier molecular flexibility index (Phi) is 6.72. The number of hydrogen-bond donors (Lipinski definition) is 1.